The molecule has 0 spiro atoms. The summed E-state index contributed by atoms with van der Waals surface area (Å²) in [6.45, 7) is 4.74. The lowest BCUT2D eigenvalue weighted by molar-refractivity contribution is 0.543. The fraction of sp³-hybridized carbons (Fsp3) is 0.0877. The summed E-state index contributed by atoms with van der Waals surface area (Å²) in [6, 6.07) is 67.2. The summed E-state index contributed by atoms with van der Waals surface area (Å²) in [5, 5.41) is 5.05. The van der Waals surface area contributed by atoms with Gasteiger partial charge in [0, 0.05) is 82.4 Å². The van der Waals surface area contributed by atoms with Crippen LogP contribution in [0.2, 0.25) is 0 Å². The maximum Gasteiger partial charge on any atom is 0.134 e. The molecule has 0 fully saturated rings. The highest BCUT2D eigenvalue weighted by molar-refractivity contribution is 7.26. The van der Waals surface area contributed by atoms with Crippen LogP contribution in [0.4, 0.5) is 17.1 Å². The Hall–Kier alpha value is -7.14. The Morgan fingerprint density at radius 3 is 2.10 bits per heavy atom. The van der Waals surface area contributed by atoms with Crippen LogP contribution in [0.1, 0.15) is 36.4 Å². The third-order valence-electron chi connectivity index (χ3n) is 13.5. The van der Waals surface area contributed by atoms with Crippen molar-refractivity contribution in [2.24, 2.45) is 0 Å². The number of fused-ring (bicyclic) bond motifs is 13. The molecule has 0 N–H and O–H groups in total. The number of thiophene rings is 1. The van der Waals surface area contributed by atoms with E-state index >= 15 is 0 Å². The van der Waals surface area contributed by atoms with Crippen LogP contribution in [0.3, 0.4) is 0 Å². The molecule has 0 saturated heterocycles. The molecule has 2 aliphatic rings. The van der Waals surface area contributed by atoms with Crippen LogP contribution < -0.4 is 4.90 Å². The van der Waals surface area contributed by atoms with Crippen molar-refractivity contribution < 1.29 is 4.42 Å². The first-order chi connectivity index (χ1) is 30.0. The first-order valence-electron chi connectivity index (χ1n) is 21.3. The third kappa shape index (κ3) is 5.03. The number of hydrogen-bond acceptors (Lipinski definition) is 3. The standard InChI is InChI=1S/C57H40N2OS/c1-57(2)47-20-9-6-15-41(47)42-29-27-39(34-48(42)57)58(37-25-23-35(24-26-37)40-18-12-19-44-43-16-8-11-22-53(43)61-56(40)44)38-28-30-49-46(33-38)54-50(59(49)36-13-4-3-5-14-36)31-32-52-55(54)45-17-7-10-21-51(45)60-52/h3-30,33-34H,31-32H2,1-2H3. The molecule has 3 heterocycles. The normalized spacial score (nSPS) is 13.7. The number of benzene rings is 8. The summed E-state index contributed by atoms with van der Waals surface area (Å²) in [5.74, 6) is 1.08. The number of aryl methyl sites for hydroxylation is 1. The molecular formula is C57H40N2OS. The molecule has 3 aromatic heterocycles. The van der Waals surface area contributed by atoms with Crippen molar-refractivity contribution in [3.05, 3.63) is 205 Å². The van der Waals surface area contributed by atoms with Crippen molar-refractivity contribution in [2.75, 3.05) is 4.90 Å². The average molecular weight is 801 g/mol. The van der Waals surface area contributed by atoms with E-state index in [-0.39, 0.29) is 5.41 Å². The maximum atomic E-state index is 6.59. The van der Waals surface area contributed by atoms with E-state index in [9.17, 15) is 0 Å². The van der Waals surface area contributed by atoms with E-state index in [1.807, 2.05) is 11.3 Å². The maximum absolute atomic E-state index is 6.59. The minimum atomic E-state index is -0.130. The summed E-state index contributed by atoms with van der Waals surface area (Å²) in [5.41, 5.74) is 18.3. The Morgan fingerprint density at radius 2 is 1.21 bits per heavy atom. The van der Waals surface area contributed by atoms with E-state index in [2.05, 4.69) is 205 Å². The van der Waals surface area contributed by atoms with Crippen LogP contribution in [-0.4, -0.2) is 4.57 Å². The number of furan rings is 1. The SMILES string of the molecule is CC1(C)c2ccccc2-c2ccc(N(c3ccc(-c4cccc5c4sc4ccccc45)cc3)c3ccc4c(c3)c3c(n4-c4ccccc4)CCc4oc5ccccc5c4-3)cc21. The highest BCUT2D eigenvalue weighted by Crippen LogP contribution is 2.52. The van der Waals surface area contributed by atoms with Crippen molar-refractivity contribution in [3.8, 4) is 39.1 Å². The summed E-state index contributed by atoms with van der Waals surface area (Å²) < 4.78 is 11.7. The van der Waals surface area contributed by atoms with Crippen molar-refractivity contribution >= 4 is 70.4 Å². The van der Waals surface area contributed by atoms with Crippen LogP contribution in [0.5, 0.6) is 0 Å². The molecule has 11 aromatic rings. The molecule has 61 heavy (non-hydrogen) atoms. The lowest BCUT2D eigenvalue weighted by Crippen LogP contribution is -2.16. The zero-order valence-electron chi connectivity index (χ0n) is 33.9. The van der Waals surface area contributed by atoms with Gasteiger partial charge in [-0.15, -0.1) is 11.3 Å². The predicted molar refractivity (Wildman–Crippen MR) is 256 cm³/mol. The lowest BCUT2D eigenvalue weighted by Gasteiger charge is -2.28. The summed E-state index contributed by atoms with van der Waals surface area (Å²) in [4.78, 5) is 2.46. The second-order valence-corrected chi connectivity index (χ2v) is 18.2. The van der Waals surface area contributed by atoms with E-state index in [1.165, 1.54) is 92.4 Å². The zero-order chi connectivity index (χ0) is 40.4. The number of aromatic nitrogens is 1. The third-order valence-corrected chi connectivity index (χ3v) is 14.7. The molecular weight excluding hydrogens is 761 g/mol. The monoisotopic (exact) mass is 800 g/mol. The van der Waals surface area contributed by atoms with Gasteiger partial charge in [0.2, 0.25) is 0 Å². The van der Waals surface area contributed by atoms with E-state index in [4.69, 9.17) is 4.42 Å². The molecule has 0 aliphatic heterocycles. The molecule has 2 aliphatic carbocycles. The lowest BCUT2D eigenvalue weighted by atomic mass is 9.82. The molecule has 4 heteroatoms. The molecule has 0 amide bonds. The second kappa shape index (κ2) is 12.9. The molecule has 3 nitrogen and oxygen atoms in total. The molecule has 0 radical (unpaired) electrons. The van der Waals surface area contributed by atoms with Crippen LogP contribution in [0.15, 0.2) is 186 Å². The predicted octanol–water partition coefficient (Wildman–Crippen LogP) is 16.0. The number of nitrogens with zero attached hydrogens (tertiary/aromatic N) is 2. The van der Waals surface area contributed by atoms with Gasteiger partial charge in [0.25, 0.3) is 0 Å². The Kier molecular flexibility index (Phi) is 7.35. The minimum Gasteiger partial charge on any atom is -0.460 e. The Bertz CT molecular complexity index is 3570. The van der Waals surface area contributed by atoms with E-state index in [0.29, 0.717) is 0 Å². The van der Waals surface area contributed by atoms with Crippen LogP contribution in [0, 0.1) is 0 Å². The van der Waals surface area contributed by atoms with Gasteiger partial charge in [0.1, 0.15) is 11.3 Å². The van der Waals surface area contributed by atoms with Gasteiger partial charge in [-0.3, -0.25) is 0 Å². The van der Waals surface area contributed by atoms with Crippen molar-refractivity contribution in [1.29, 1.82) is 0 Å². The highest BCUT2D eigenvalue weighted by Gasteiger charge is 2.36. The molecule has 290 valence electrons. The Morgan fingerprint density at radius 1 is 0.525 bits per heavy atom. The molecule has 0 bridgehead atoms. The van der Waals surface area contributed by atoms with Gasteiger partial charge in [0.05, 0.1) is 5.52 Å². The van der Waals surface area contributed by atoms with E-state index < -0.39 is 0 Å². The Labute approximate surface area is 358 Å². The highest BCUT2D eigenvalue weighted by atomic mass is 32.1. The fourth-order valence-corrected chi connectivity index (χ4v) is 11.9. The minimum absolute atomic E-state index is 0.130. The van der Waals surface area contributed by atoms with Gasteiger partial charge in [-0.1, -0.05) is 129 Å². The number of anilines is 3. The smallest absolute Gasteiger partial charge is 0.134 e. The molecule has 13 rings (SSSR count). The van der Waals surface area contributed by atoms with Gasteiger partial charge in [0.15, 0.2) is 0 Å². The Balaban J connectivity index is 1.03. The number of hydrogen-bond donors (Lipinski definition) is 0. The number of para-hydroxylation sites is 2. The topological polar surface area (TPSA) is 21.3 Å². The second-order valence-electron chi connectivity index (χ2n) is 17.2. The quantitative estimate of drug-likeness (QED) is 0.173. The fourth-order valence-electron chi connectivity index (χ4n) is 10.7. The zero-order valence-corrected chi connectivity index (χ0v) is 34.8. The number of rotatable bonds is 5. The van der Waals surface area contributed by atoms with Crippen molar-refractivity contribution in [1.82, 2.24) is 4.57 Å². The van der Waals surface area contributed by atoms with Gasteiger partial charge >= 0.3 is 0 Å². The van der Waals surface area contributed by atoms with Gasteiger partial charge in [-0.05, 0) is 107 Å². The molecule has 0 saturated carbocycles. The molecule has 0 unspecified atom stereocenters. The van der Waals surface area contributed by atoms with Crippen LogP contribution in [-0.2, 0) is 18.3 Å². The van der Waals surface area contributed by atoms with E-state index in [1.54, 1.807) is 0 Å². The molecule has 0 atom stereocenters. The largest absolute Gasteiger partial charge is 0.460 e. The molecule has 8 aromatic carbocycles. The van der Waals surface area contributed by atoms with E-state index in [0.717, 1.165) is 41.2 Å². The summed E-state index contributed by atoms with van der Waals surface area (Å²) >= 11 is 1.88. The average Bonchev–Trinajstić information content (AvgIpc) is 4.03. The summed E-state index contributed by atoms with van der Waals surface area (Å²) in [7, 11) is 0. The first-order valence-corrected chi connectivity index (χ1v) is 22.1. The van der Waals surface area contributed by atoms with Crippen LogP contribution in [0.25, 0.3) is 81.1 Å². The summed E-state index contributed by atoms with van der Waals surface area (Å²) in [6.07, 6.45) is 1.77. The van der Waals surface area contributed by atoms with Gasteiger partial charge in [-0.2, -0.15) is 0 Å². The van der Waals surface area contributed by atoms with Gasteiger partial charge in [-0.25, -0.2) is 0 Å². The first kappa shape index (κ1) is 34.7. The van der Waals surface area contributed by atoms with Crippen molar-refractivity contribution in [3.63, 3.8) is 0 Å². The van der Waals surface area contributed by atoms with Crippen LogP contribution >= 0.6 is 11.3 Å². The van der Waals surface area contributed by atoms with Gasteiger partial charge < -0.3 is 13.9 Å². The van der Waals surface area contributed by atoms with Crippen molar-refractivity contribution in [2.45, 2.75) is 32.1 Å².